The Labute approximate surface area is 72.3 Å². The fourth-order valence-corrected chi connectivity index (χ4v) is 2.56. The van der Waals surface area contributed by atoms with Gasteiger partial charge in [-0.25, -0.2) is 8.78 Å². The van der Waals surface area contributed by atoms with E-state index in [2.05, 4.69) is 0 Å². The van der Waals surface area contributed by atoms with Gasteiger partial charge in [0.25, 0.3) is 0 Å². The molecule has 0 bridgehead atoms. The summed E-state index contributed by atoms with van der Waals surface area (Å²) >= 11 is 0. The molecule has 0 amide bonds. The zero-order chi connectivity index (χ0) is 8.60. The van der Waals surface area contributed by atoms with E-state index < -0.39 is 11.8 Å². The second kappa shape index (κ2) is 2.97. The normalized spacial score (nSPS) is 36.0. The van der Waals surface area contributed by atoms with E-state index in [1.807, 2.05) is 0 Å². The molecule has 0 saturated heterocycles. The van der Waals surface area contributed by atoms with E-state index in [0.29, 0.717) is 31.6 Å². The molecule has 0 heterocycles. The third-order valence-electron chi connectivity index (χ3n) is 3.25. The van der Waals surface area contributed by atoms with Crippen molar-refractivity contribution in [1.82, 2.24) is 0 Å². The molecule has 1 radical (unpaired) electrons. The first kappa shape index (κ1) is 8.46. The standard InChI is InChI=1S/C10H15F2/c11-9-5-3-4-8(9)10(12)6-1-2-7-10/h9H,1-7H2. The van der Waals surface area contributed by atoms with Crippen molar-refractivity contribution in [2.45, 2.75) is 56.8 Å². The summed E-state index contributed by atoms with van der Waals surface area (Å²) in [5, 5.41) is 0. The second-order valence-corrected chi connectivity index (χ2v) is 4.06. The minimum absolute atomic E-state index is 0.557. The van der Waals surface area contributed by atoms with Crippen LogP contribution in [-0.4, -0.2) is 11.8 Å². The van der Waals surface area contributed by atoms with Crippen LogP contribution in [0.15, 0.2) is 0 Å². The monoisotopic (exact) mass is 173 g/mol. The average Bonchev–Trinajstić information content (AvgIpc) is 2.59. The van der Waals surface area contributed by atoms with Gasteiger partial charge in [-0.2, -0.15) is 0 Å². The van der Waals surface area contributed by atoms with Gasteiger partial charge in [-0.1, -0.05) is 12.8 Å². The van der Waals surface area contributed by atoms with Gasteiger partial charge in [-0.3, -0.25) is 0 Å². The van der Waals surface area contributed by atoms with E-state index in [0.717, 1.165) is 19.3 Å². The molecule has 0 aromatic heterocycles. The van der Waals surface area contributed by atoms with Crippen LogP contribution in [0.5, 0.6) is 0 Å². The molecule has 0 aromatic carbocycles. The quantitative estimate of drug-likeness (QED) is 0.570. The third-order valence-corrected chi connectivity index (χ3v) is 3.25. The summed E-state index contributed by atoms with van der Waals surface area (Å²) in [6.07, 6.45) is 4.18. The van der Waals surface area contributed by atoms with E-state index >= 15 is 0 Å². The average molecular weight is 173 g/mol. The Kier molecular flexibility index (Phi) is 2.09. The summed E-state index contributed by atoms with van der Waals surface area (Å²) in [5.41, 5.74) is -1.21. The highest BCUT2D eigenvalue weighted by Crippen LogP contribution is 2.48. The molecule has 2 aliphatic rings. The molecule has 0 N–H and O–H groups in total. The maximum Gasteiger partial charge on any atom is 0.120 e. The van der Waals surface area contributed by atoms with E-state index in [-0.39, 0.29) is 0 Å². The van der Waals surface area contributed by atoms with Crippen molar-refractivity contribution in [3.05, 3.63) is 5.92 Å². The van der Waals surface area contributed by atoms with Crippen LogP contribution in [0, 0.1) is 5.92 Å². The number of alkyl halides is 2. The molecule has 2 saturated carbocycles. The van der Waals surface area contributed by atoms with Gasteiger partial charge in [0, 0.05) is 5.92 Å². The third kappa shape index (κ3) is 1.25. The zero-order valence-corrected chi connectivity index (χ0v) is 7.28. The molecule has 69 valence electrons. The highest BCUT2D eigenvalue weighted by Gasteiger charge is 2.47. The van der Waals surface area contributed by atoms with Gasteiger partial charge in [0.2, 0.25) is 0 Å². The van der Waals surface area contributed by atoms with E-state index in [1.54, 1.807) is 0 Å². The lowest BCUT2D eigenvalue weighted by atomic mass is 9.85. The topological polar surface area (TPSA) is 0 Å². The molecule has 12 heavy (non-hydrogen) atoms. The SMILES string of the molecule is FC1CCC[C]1C1(F)CCCC1. The smallest absolute Gasteiger partial charge is 0.120 e. The fourth-order valence-electron chi connectivity index (χ4n) is 2.56. The Morgan fingerprint density at radius 2 is 1.83 bits per heavy atom. The van der Waals surface area contributed by atoms with Gasteiger partial charge in [0.1, 0.15) is 11.8 Å². The molecule has 0 nitrogen and oxygen atoms in total. The van der Waals surface area contributed by atoms with Crippen LogP contribution in [0.2, 0.25) is 0 Å². The molecule has 0 aliphatic heterocycles. The maximum absolute atomic E-state index is 14.0. The Bertz CT molecular complexity index is 161. The summed E-state index contributed by atoms with van der Waals surface area (Å²) in [5.74, 6) is 0.583. The van der Waals surface area contributed by atoms with Crippen LogP contribution in [0.3, 0.4) is 0 Å². The molecule has 0 spiro atoms. The number of rotatable bonds is 1. The first-order valence-corrected chi connectivity index (χ1v) is 4.91. The van der Waals surface area contributed by atoms with Crippen LogP contribution in [-0.2, 0) is 0 Å². The zero-order valence-electron chi connectivity index (χ0n) is 7.28. The van der Waals surface area contributed by atoms with Crippen molar-refractivity contribution in [3.8, 4) is 0 Å². The van der Waals surface area contributed by atoms with E-state index in [9.17, 15) is 8.78 Å². The Balaban J connectivity index is 2.06. The summed E-state index contributed by atoms with van der Waals surface area (Å²) in [4.78, 5) is 0. The molecule has 2 aliphatic carbocycles. The summed E-state index contributed by atoms with van der Waals surface area (Å²) < 4.78 is 27.2. The van der Waals surface area contributed by atoms with E-state index in [1.165, 1.54) is 0 Å². The molecule has 1 atom stereocenters. The summed E-state index contributed by atoms with van der Waals surface area (Å²) in [6, 6.07) is 0. The maximum atomic E-state index is 14.0. The lowest BCUT2D eigenvalue weighted by Crippen LogP contribution is -2.31. The van der Waals surface area contributed by atoms with Crippen LogP contribution in [0.25, 0.3) is 0 Å². The van der Waals surface area contributed by atoms with E-state index in [4.69, 9.17) is 0 Å². The number of halogens is 2. The molecular weight excluding hydrogens is 158 g/mol. The first-order valence-electron chi connectivity index (χ1n) is 4.91. The van der Waals surface area contributed by atoms with Gasteiger partial charge in [0.05, 0.1) is 0 Å². The minimum Gasteiger partial charge on any atom is -0.247 e. The molecule has 1 unspecified atom stereocenters. The van der Waals surface area contributed by atoms with Crippen molar-refractivity contribution >= 4 is 0 Å². The van der Waals surface area contributed by atoms with Gasteiger partial charge < -0.3 is 0 Å². The molecule has 2 heteroatoms. The first-order chi connectivity index (χ1) is 5.72. The van der Waals surface area contributed by atoms with Crippen molar-refractivity contribution in [2.24, 2.45) is 0 Å². The van der Waals surface area contributed by atoms with Gasteiger partial charge in [-0.15, -0.1) is 0 Å². The number of hydrogen-bond donors (Lipinski definition) is 0. The van der Waals surface area contributed by atoms with Crippen molar-refractivity contribution in [2.75, 3.05) is 0 Å². The van der Waals surface area contributed by atoms with Gasteiger partial charge in [-0.05, 0) is 32.1 Å². The molecule has 2 rings (SSSR count). The fraction of sp³-hybridized carbons (Fsp3) is 0.900. The molecule has 2 fully saturated rings. The Morgan fingerprint density at radius 1 is 1.17 bits per heavy atom. The summed E-state index contributed by atoms with van der Waals surface area (Å²) in [6.45, 7) is 0. The number of hydrogen-bond acceptors (Lipinski definition) is 0. The van der Waals surface area contributed by atoms with Crippen LogP contribution >= 0.6 is 0 Å². The Hall–Kier alpha value is -0.140. The van der Waals surface area contributed by atoms with Gasteiger partial charge in [0.15, 0.2) is 0 Å². The predicted molar refractivity (Wildman–Crippen MR) is 44.3 cm³/mol. The Morgan fingerprint density at radius 3 is 2.33 bits per heavy atom. The van der Waals surface area contributed by atoms with Gasteiger partial charge >= 0.3 is 0 Å². The summed E-state index contributed by atoms with van der Waals surface area (Å²) in [7, 11) is 0. The lowest BCUT2D eigenvalue weighted by molar-refractivity contribution is 0.151. The van der Waals surface area contributed by atoms with Crippen LogP contribution in [0.1, 0.15) is 44.9 Å². The molecular formula is C10H15F2. The van der Waals surface area contributed by atoms with Crippen LogP contribution in [0.4, 0.5) is 8.78 Å². The largest absolute Gasteiger partial charge is 0.247 e. The van der Waals surface area contributed by atoms with Crippen molar-refractivity contribution in [1.29, 1.82) is 0 Å². The lowest BCUT2D eigenvalue weighted by Gasteiger charge is -2.27. The van der Waals surface area contributed by atoms with Crippen molar-refractivity contribution < 1.29 is 8.78 Å². The van der Waals surface area contributed by atoms with Crippen molar-refractivity contribution in [3.63, 3.8) is 0 Å². The van der Waals surface area contributed by atoms with Crippen LogP contribution < -0.4 is 0 Å². The highest BCUT2D eigenvalue weighted by atomic mass is 19.2. The second-order valence-electron chi connectivity index (χ2n) is 4.06. The predicted octanol–water partition coefficient (Wildman–Crippen LogP) is 3.37. The minimum atomic E-state index is -1.21. The molecule has 0 aromatic rings. The highest BCUT2D eigenvalue weighted by molar-refractivity contribution is 5.17.